The van der Waals surface area contributed by atoms with Gasteiger partial charge in [-0.2, -0.15) is 0 Å². The third-order valence-corrected chi connectivity index (χ3v) is 2.33. The van der Waals surface area contributed by atoms with E-state index in [1.807, 2.05) is 30.3 Å². The fraction of sp³-hybridized carbons (Fsp3) is 0.385. The predicted octanol–water partition coefficient (Wildman–Crippen LogP) is 1.18. The maximum Gasteiger partial charge on any atom is 0.325 e. The van der Waals surface area contributed by atoms with Gasteiger partial charge in [0.05, 0.1) is 13.2 Å². The Labute approximate surface area is 106 Å². The first-order valence-corrected chi connectivity index (χ1v) is 5.73. The normalized spacial score (nSPS) is 11.8. The van der Waals surface area contributed by atoms with Gasteiger partial charge in [0.25, 0.3) is 0 Å². The molecule has 0 heterocycles. The largest absolute Gasteiger partial charge is 0.480 e. The van der Waals surface area contributed by atoms with Crippen molar-refractivity contribution in [2.24, 2.45) is 0 Å². The second kappa shape index (κ2) is 7.45. The molecule has 5 heteroatoms. The molecular weight excluding hydrogens is 234 g/mol. The van der Waals surface area contributed by atoms with Crippen LogP contribution in [0, 0.1) is 0 Å². The third kappa shape index (κ3) is 5.45. The van der Waals surface area contributed by atoms with Gasteiger partial charge in [0, 0.05) is 6.42 Å². The van der Waals surface area contributed by atoms with E-state index < -0.39 is 12.0 Å². The standard InChI is InChI=1S/C13H17NO4/c1-10(13(16)17)14-12(15)7-8-18-9-11-5-3-2-4-6-11/h2-6,10H,7-9H2,1H3,(H,14,15)(H,16,17). The minimum absolute atomic E-state index is 0.157. The van der Waals surface area contributed by atoms with E-state index in [4.69, 9.17) is 9.84 Å². The van der Waals surface area contributed by atoms with E-state index in [0.717, 1.165) is 5.56 Å². The Hall–Kier alpha value is -1.88. The van der Waals surface area contributed by atoms with Gasteiger partial charge in [-0.1, -0.05) is 30.3 Å². The van der Waals surface area contributed by atoms with Crippen LogP contribution in [0.25, 0.3) is 0 Å². The van der Waals surface area contributed by atoms with E-state index in [1.54, 1.807) is 0 Å². The SMILES string of the molecule is CC(NC(=O)CCOCc1ccccc1)C(=O)O. The smallest absolute Gasteiger partial charge is 0.325 e. The Morgan fingerprint density at radius 2 is 2.00 bits per heavy atom. The number of ether oxygens (including phenoxy) is 1. The van der Waals surface area contributed by atoms with E-state index in [2.05, 4.69) is 5.32 Å². The highest BCUT2D eigenvalue weighted by atomic mass is 16.5. The molecule has 1 unspecified atom stereocenters. The summed E-state index contributed by atoms with van der Waals surface area (Å²) >= 11 is 0. The number of carbonyl (C=O) groups excluding carboxylic acids is 1. The first-order chi connectivity index (χ1) is 8.59. The zero-order valence-electron chi connectivity index (χ0n) is 10.3. The summed E-state index contributed by atoms with van der Waals surface area (Å²) in [7, 11) is 0. The van der Waals surface area contributed by atoms with Crippen LogP contribution in [0.1, 0.15) is 18.9 Å². The van der Waals surface area contributed by atoms with Crippen LogP contribution < -0.4 is 5.32 Å². The second-order valence-corrected chi connectivity index (χ2v) is 3.92. The van der Waals surface area contributed by atoms with Crippen molar-refractivity contribution < 1.29 is 19.4 Å². The number of hydrogen-bond donors (Lipinski definition) is 2. The van der Waals surface area contributed by atoms with Gasteiger partial charge < -0.3 is 15.2 Å². The van der Waals surface area contributed by atoms with Crippen LogP contribution in [0.4, 0.5) is 0 Å². The van der Waals surface area contributed by atoms with Crippen molar-refractivity contribution in [1.82, 2.24) is 5.32 Å². The van der Waals surface area contributed by atoms with Crippen LogP contribution in [0.2, 0.25) is 0 Å². The Morgan fingerprint density at radius 1 is 1.33 bits per heavy atom. The number of carboxylic acid groups (broad SMARTS) is 1. The average Bonchev–Trinajstić information content (AvgIpc) is 2.35. The Morgan fingerprint density at radius 3 is 2.61 bits per heavy atom. The van der Waals surface area contributed by atoms with Crippen LogP contribution in [0.5, 0.6) is 0 Å². The molecule has 0 saturated heterocycles. The van der Waals surface area contributed by atoms with Crippen LogP contribution in [-0.2, 0) is 20.9 Å². The van der Waals surface area contributed by atoms with E-state index in [1.165, 1.54) is 6.92 Å². The molecule has 1 aromatic carbocycles. The molecule has 0 fully saturated rings. The molecule has 18 heavy (non-hydrogen) atoms. The summed E-state index contributed by atoms with van der Waals surface area (Å²) in [5.74, 6) is -1.37. The lowest BCUT2D eigenvalue weighted by atomic mass is 10.2. The quantitative estimate of drug-likeness (QED) is 0.713. The predicted molar refractivity (Wildman–Crippen MR) is 66.0 cm³/mol. The molecule has 0 aliphatic rings. The van der Waals surface area contributed by atoms with E-state index >= 15 is 0 Å². The number of rotatable bonds is 7. The lowest BCUT2D eigenvalue weighted by Crippen LogP contribution is -2.38. The summed E-state index contributed by atoms with van der Waals surface area (Å²) < 4.78 is 5.32. The van der Waals surface area contributed by atoms with Gasteiger partial charge in [0.1, 0.15) is 6.04 Å². The summed E-state index contributed by atoms with van der Waals surface area (Å²) in [5, 5.41) is 11.0. The molecule has 0 aliphatic heterocycles. The van der Waals surface area contributed by atoms with Gasteiger partial charge in [0.2, 0.25) is 5.91 Å². The van der Waals surface area contributed by atoms with Crippen molar-refractivity contribution in [2.75, 3.05) is 6.61 Å². The zero-order chi connectivity index (χ0) is 13.4. The average molecular weight is 251 g/mol. The molecule has 0 radical (unpaired) electrons. The second-order valence-electron chi connectivity index (χ2n) is 3.92. The molecule has 98 valence electrons. The first-order valence-electron chi connectivity index (χ1n) is 5.73. The third-order valence-electron chi connectivity index (χ3n) is 2.33. The van der Waals surface area contributed by atoms with E-state index in [0.29, 0.717) is 6.61 Å². The minimum atomic E-state index is -1.05. The fourth-order valence-corrected chi connectivity index (χ4v) is 1.30. The summed E-state index contributed by atoms with van der Waals surface area (Å²) in [5.41, 5.74) is 1.04. The summed E-state index contributed by atoms with van der Waals surface area (Å²) in [6.45, 7) is 2.14. The number of carbonyl (C=O) groups is 2. The van der Waals surface area contributed by atoms with Gasteiger partial charge in [-0.3, -0.25) is 9.59 Å². The number of hydrogen-bond acceptors (Lipinski definition) is 3. The number of carboxylic acids is 1. The molecule has 0 spiro atoms. The van der Waals surface area contributed by atoms with Crippen LogP contribution in [0.3, 0.4) is 0 Å². The molecule has 0 aliphatic carbocycles. The first kappa shape index (κ1) is 14.2. The maximum atomic E-state index is 11.3. The van der Waals surface area contributed by atoms with E-state index in [9.17, 15) is 9.59 Å². The minimum Gasteiger partial charge on any atom is -0.480 e. The Balaban J connectivity index is 2.14. The van der Waals surface area contributed by atoms with Gasteiger partial charge in [-0.05, 0) is 12.5 Å². The van der Waals surface area contributed by atoms with Crippen LogP contribution in [-0.4, -0.2) is 29.6 Å². The lowest BCUT2D eigenvalue weighted by Gasteiger charge is -2.09. The van der Waals surface area contributed by atoms with Crippen LogP contribution in [0.15, 0.2) is 30.3 Å². The number of benzene rings is 1. The highest BCUT2D eigenvalue weighted by Crippen LogP contribution is 2.00. The monoisotopic (exact) mass is 251 g/mol. The Kier molecular flexibility index (Phi) is 5.87. The van der Waals surface area contributed by atoms with Crippen molar-refractivity contribution in [3.8, 4) is 0 Å². The van der Waals surface area contributed by atoms with Crippen molar-refractivity contribution in [3.63, 3.8) is 0 Å². The highest BCUT2D eigenvalue weighted by molar-refractivity contribution is 5.83. The van der Waals surface area contributed by atoms with Gasteiger partial charge >= 0.3 is 5.97 Å². The molecule has 1 atom stereocenters. The molecule has 1 aromatic rings. The van der Waals surface area contributed by atoms with Crippen molar-refractivity contribution >= 4 is 11.9 Å². The topological polar surface area (TPSA) is 75.6 Å². The van der Waals surface area contributed by atoms with E-state index in [-0.39, 0.29) is 18.9 Å². The number of amides is 1. The summed E-state index contributed by atoms with van der Waals surface area (Å²) in [4.78, 5) is 21.8. The lowest BCUT2D eigenvalue weighted by molar-refractivity contribution is -0.141. The number of aliphatic carboxylic acids is 1. The molecule has 0 bridgehead atoms. The van der Waals surface area contributed by atoms with Gasteiger partial charge in [-0.15, -0.1) is 0 Å². The molecule has 0 saturated carbocycles. The molecule has 1 rings (SSSR count). The molecule has 2 N–H and O–H groups in total. The zero-order valence-corrected chi connectivity index (χ0v) is 10.3. The number of nitrogens with one attached hydrogen (secondary N) is 1. The van der Waals surface area contributed by atoms with Crippen molar-refractivity contribution in [3.05, 3.63) is 35.9 Å². The maximum absolute atomic E-state index is 11.3. The van der Waals surface area contributed by atoms with Crippen molar-refractivity contribution in [1.29, 1.82) is 0 Å². The molecule has 0 aromatic heterocycles. The van der Waals surface area contributed by atoms with Gasteiger partial charge in [-0.25, -0.2) is 0 Å². The molecular formula is C13H17NO4. The fourth-order valence-electron chi connectivity index (χ4n) is 1.30. The molecule has 5 nitrogen and oxygen atoms in total. The summed E-state index contributed by atoms with van der Waals surface area (Å²) in [6.07, 6.45) is 0.157. The van der Waals surface area contributed by atoms with Crippen molar-refractivity contribution in [2.45, 2.75) is 26.0 Å². The highest BCUT2D eigenvalue weighted by Gasteiger charge is 2.13. The van der Waals surface area contributed by atoms with Crippen LogP contribution >= 0.6 is 0 Å². The van der Waals surface area contributed by atoms with Gasteiger partial charge in [0.15, 0.2) is 0 Å². The molecule has 1 amide bonds. The Bertz CT molecular complexity index is 391. The summed E-state index contributed by atoms with van der Waals surface area (Å²) in [6, 6.07) is 8.76.